The second-order valence-electron chi connectivity index (χ2n) is 5.72. The molecular formula is C18H33NO. The number of pyridine rings is 1. The fourth-order valence-electron chi connectivity index (χ4n) is 2.58. The minimum atomic E-state index is 0. The summed E-state index contributed by atoms with van der Waals surface area (Å²) in [5.74, 6) is 0. The first-order valence-electron chi connectivity index (χ1n) is 8.29. The van der Waals surface area contributed by atoms with E-state index in [4.69, 9.17) is 0 Å². The highest BCUT2D eigenvalue weighted by Gasteiger charge is 2.02. The molecule has 0 saturated heterocycles. The van der Waals surface area contributed by atoms with Crippen molar-refractivity contribution >= 4 is 0 Å². The van der Waals surface area contributed by atoms with Gasteiger partial charge in [-0.3, -0.25) is 0 Å². The van der Waals surface area contributed by atoms with Crippen molar-refractivity contribution in [3.05, 3.63) is 30.1 Å². The highest BCUT2D eigenvalue weighted by Crippen LogP contribution is 2.10. The zero-order valence-corrected chi connectivity index (χ0v) is 13.5. The van der Waals surface area contributed by atoms with Crippen LogP contribution in [0.3, 0.4) is 0 Å². The average Bonchev–Trinajstić information content (AvgIpc) is 2.43. The van der Waals surface area contributed by atoms with Gasteiger partial charge in [-0.2, -0.15) is 0 Å². The van der Waals surface area contributed by atoms with Crippen LogP contribution in [0.1, 0.15) is 76.8 Å². The molecule has 0 spiro atoms. The van der Waals surface area contributed by atoms with E-state index in [0.717, 1.165) is 0 Å². The van der Waals surface area contributed by atoms with Gasteiger partial charge in [0.2, 0.25) is 0 Å². The summed E-state index contributed by atoms with van der Waals surface area (Å²) in [6.07, 6.45) is 16.3. The molecule has 1 N–H and O–H groups in total. The third kappa shape index (κ3) is 9.08. The van der Waals surface area contributed by atoms with Crippen LogP contribution >= 0.6 is 0 Å². The number of aryl methyl sites for hydroxylation is 2. The second-order valence-corrected chi connectivity index (χ2v) is 5.72. The first-order valence-corrected chi connectivity index (χ1v) is 8.29. The predicted octanol–water partition coefficient (Wildman–Crippen LogP) is 5.03. The van der Waals surface area contributed by atoms with Crippen LogP contribution in [0.4, 0.5) is 0 Å². The summed E-state index contributed by atoms with van der Waals surface area (Å²) in [5.41, 5.74) is 1.37. The van der Waals surface area contributed by atoms with E-state index >= 15 is 0 Å². The normalized spacial score (nSPS) is 10.3. The minimum Gasteiger partial charge on any atom is -0.870 e. The Morgan fingerprint density at radius 3 is 1.90 bits per heavy atom. The molecule has 20 heavy (non-hydrogen) atoms. The molecule has 0 aromatic carbocycles. The average molecular weight is 279 g/mol. The molecule has 2 nitrogen and oxygen atoms in total. The van der Waals surface area contributed by atoms with E-state index in [0.29, 0.717) is 0 Å². The first-order chi connectivity index (χ1) is 9.34. The van der Waals surface area contributed by atoms with Gasteiger partial charge in [0.05, 0.1) is 0 Å². The number of hydrogen-bond donors (Lipinski definition) is 0. The molecule has 0 aliphatic carbocycles. The van der Waals surface area contributed by atoms with Crippen molar-refractivity contribution in [3.63, 3.8) is 0 Å². The fourth-order valence-corrected chi connectivity index (χ4v) is 2.58. The monoisotopic (exact) mass is 279 g/mol. The summed E-state index contributed by atoms with van der Waals surface area (Å²) in [4.78, 5) is 0. The van der Waals surface area contributed by atoms with Crippen LogP contribution in [0.5, 0.6) is 0 Å². The van der Waals surface area contributed by atoms with Crippen LogP contribution in [-0.2, 0) is 6.54 Å². The van der Waals surface area contributed by atoms with E-state index in [2.05, 4.69) is 42.8 Å². The Kier molecular flexibility index (Phi) is 12.5. The lowest BCUT2D eigenvalue weighted by Gasteiger charge is -2.02. The molecule has 0 amide bonds. The standard InChI is InChI=1S/C18H32N.H2O/c1-3-4-5-6-7-8-9-10-11-13-16-19-17-14-12-15-18(19)2;/h12,14-15,17H,3-11,13,16H2,1-2H3;1H2/q+1;/p-1. The van der Waals surface area contributed by atoms with Gasteiger partial charge in [0, 0.05) is 25.5 Å². The lowest BCUT2D eigenvalue weighted by Crippen LogP contribution is -2.36. The van der Waals surface area contributed by atoms with Crippen LogP contribution in [0.15, 0.2) is 24.4 Å². The SMILES string of the molecule is CCCCCCCCCCCC[n+]1ccccc1C.[OH-]. The van der Waals surface area contributed by atoms with Crippen molar-refractivity contribution in [2.24, 2.45) is 0 Å². The van der Waals surface area contributed by atoms with Crippen LogP contribution in [0, 0.1) is 6.92 Å². The zero-order chi connectivity index (χ0) is 13.8. The molecule has 0 fully saturated rings. The van der Waals surface area contributed by atoms with Gasteiger partial charge in [-0.15, -0.1) is 0 Å². The Bertz CT molecular complexity index is 325. The van der Waals surface area contributed by atoms with Gasteiger partial charge in [0.1, 0.15) is 6.54 Å². The van der Waals surface area contributed by atoms with Gasteiger partial charge < -0.3 is 5.48 Å². The van der Waals surface area contributed by atoms with Crippen molar-refractivity contribution in [3.8, 4) is 0 Å². The summed E-state index contributed by atoms with van der Waals surface area (Å²) in [6.45, 7) is 5.66. The van der Waals surface area contributed by atoms with E-state index < -0.39 is 0 Å². The van der Waals surface area contributed by atoms with E-state index in [-0.39, 0.29) is 5.48 Å². The molecule has 1 aromatic heterocycles. The van der Waals surface area contributed by atoms with E-state index in [9.17, 15) is 0 Å². The van der Waals surface area contributed by atoms with Gasteiger partial charge in [0.15, 0.2) is 11.9 Å². The van der Waals surface area contributed by atoms with Gasteiger partial charge in [-0.1, -0.05) is 64.4 Å². The summed E-state index contributed by atoms with van der Waals surface area (Å²) >= 11 is 0. The Morgan fingerprint density at radius 2 is 1.35 bits per heavy atom. The summed E-state index contributed by atoms with van der Waals surface area (Å²) in [6, 6.07) is 6.43. The van der Waals surface area contributed by atoms with Crippen LogP contribution in [0.2, 0.25) is 0 Å². The van der Waals surface area contributed by atoms with E-state index in [1.807, 2.05) is 0 Å². The number of nitrogens with zero attached hydrogens (tertiary/aromatic N) is 1. The van der Waals surface area contributed by atoms with Crippen LogP contribution < -0.4 is 4.57 Å². The Balaban J connectivity index is 0.00000361. The lowest BCUT2D eigenvalue weighted by molar-refractivity contribution is -0.703. The smallest absolute Gasteiger partial charge is 0.178 e. The predicted molar refractivity (Wildman–Crippen MR) is 85.2 cm³/mol. The van der Waals surface area contributed by atoms with Crippen molar-refractivity contribution in [1.29, 1.82) is 0 Å². The highest BCUT2D eigenvalue weighted by atomic mass is 16.0. The molecule has 116 valence electrons. The molecule has 0 aliphatic heterocycles. The molecule has 0 unspecified atom stereocenters. The Labute approximate surface area is 125 Å². The Hall–Kier alpha value is -0.890. The highest BCUT2D eigenvalue weighted by molar-refractivity contribution is 4.93. The van der Waals surface area contributed by atoms with Crippen molar-refractivity contribution in [2.45, 2.75) is 84.6 Å². The molecule has 1 rings (SSSR count). The van der Waals surface area contributed by atoms with Gasteiger partial charge in [-0.25, -0.2) is 4.57 Å². The first kappa shape index (κ1) is 19.1. The number of unbranched alkanes of at least 4 members (excludes halogenated alkanes) is 9. The Morgan fingerprint density at radius 1 is 0.800 bits per heavy atom. The molecule has 0 aliphatic rings. The number of rotatable bonds is 11. The topological polar surface area (TPSA) is 33.9 Å². The van der Waals surface area contributed by atoms with Gasteiger partial charge in [-0.05, 0) is 6.42 Å². The molecular weight excluding hydrogens is 246 g/mol. The fraction of sp³-hybridized carbons (Fsp3) is 0.722. The maximum atomic E-state index is 2.37. The van der Waals surface area contributed by atoms with Crippen LogP contribution in [-0.4, -0.2) is 5.48 Å². The second kappa shape index (κ2) is 13.1. The summed E-state index contributed by atoms with van der Waals surface area (Å²) in [5, 5.41) is 0. The molecule has 0 bridgehead atoms. The third-order valence-corrected chi connectivity index (χ3v) is 3.92. The molecule has 2 heteroatoms. The maximum Gasteiger partial charge on any atom is 0.178 e. The van der Waals surface area contributed by atoms with Crippen LogP contribution in [0.25, 0.3) is 0 Å². The molecule has 0 saturated carbocycles. The van der Waals surface area contributed by atoms with Crippen molar-refractivity contribution in [1.82, 2.24) is 0 Å². The molecule has 1 heterocycles. The zero-order valence-electron chi connectivity index (χ0n) is 13.5. The molecule has 0 atom stereocenters. The van der Waals surface area contributed by atoms with E-state index in [1.165, 1.54) is 76.4 Å². The lowest BCUT2D eigenvalue weighted by atomic mass is 10.1. The van der Waals surface area contributed by atoms with Crippen molar-refractivity contribution < 1.29 is 10.0 Å². The van der Waals surface area contributed by atoms with E-state index in [1.54, 1.807) is 0 Å². The van der Waals surface area contributed by atoms with Crippen molar-refractivity contribution in [2.75, 3.05) is 0 Å². The van der Waals surface area contributed by atoms with Gasteiger partial charge >= 0.3 is 0 Å². The van der Waals surface area contributed by atoms with Gasteiger partial charge in [0.25, 0.3) is 0 Å². The minimum absolute atomic E-state index is 0. The number of aromatic nitrogens is 1. The third-order valence-electron chi connectivity index (χ3n) is 3.92. The quantitative estimate of drug-likeness (QED) is 0.413. The maximum absolute atomic E-state index is 2.37. The molecule has 1 aromatic rings. The largest absolute Gasteiger partial charge is 0.870 e. The summed E-state index contributed by atoms with van der Waals surface area (Å²) < 4.78 is 2.37. The number of hydrogen-bond acceptors (Lipinski definition) is 1. The summed E-state index contributed by atoms with van der Waals surface area (Å²) in [7, 11) is 0. The molecule has 0 radical (unpaired) electrons.